The number of pyridine rings is 1. The van der Waals surface area contributed by atoms with Crippen LogP contribution in [0.3, 0.4) is 0 Å². The van der Waals surface area contributed by atoms with Crippen LogP contribution in [0.25, 0.3) is 0 Å². The Kier molecular flexibility index (Phi) is 2.41. The molecule has 4 nitrogen and oxygen atoms in total. The van der Waals surface area contributed by atoms with E-state index in [1.165, 1.54) is 10.9 Å². The first-order valence-corrected chi connectivity index (χ1v) is 4.72. The number of hydrogen-bond acceptors (Lipinski definition) is 3. The fraction of sp³-hybridized carbons (Fsp3) is 0. The summed E-state index contributed by atoms with van der Waals surface area (Å²) in [5.41, 5.74) is 0.386. The Morgan fingerprint density at radius 3 is 2.93 bits per heavy atom. The van der Waals surface area contributed by atoms with Crippen molar-refractivity contribution >= 4 is 21.8 Å². The first kappa shape index (κ1) is 9.08. The summed E-state index contributed by atoms with van der Waals surface area (Å²) in [6, 6.07) is 5.19. The van der Waals surface area contributed by atoms with Gasteiger partial charge in [-0.3, -0.25) is 9.36 Å². The van der Waals surface area contributed by atoms with E-state index < -0.39 is 0 Å². The minimum Gasteiger partial charge on any atom is -0.271 e. The van der Waals surface area contributed by atoms with Gasteiger partial charge in [0.1, 0.15) is 16.6 Å². The predicted octanol–water partition coefficient (Wildman–Crippen LogP) is 1.73. The molecule has 0 saturated heterocycles. The lowest BCUT2D eigenvalue weighted by molar-refractivity contribution is 0.0954. The van der Waals surface area contributed by atoms with Gasteiger partial charge >= 0.3 is 0 Å². The number of rotatable bonds is 1. The van der Waals surface area contributed by atoms with E-state index in [0.717, 1.165) is 0 Å². The third kappa shape index (κ3) is 1.72. The summed E-state index contributed by atoms with van der Waals surface area (Å²) in [5, 5.41) is 0. The Labute approximate surface area is 88.7 Å². The van der Waals surface area contributed by atoms with Crippen LogP contribution in [0.5, 0.6) is 0 Å². The molecule has 2 heterocycles. The summed E-state index contributed by atoms with van der Waals surface area (Å²) in [6.45, 7) is 0. The summed E-state index contributed by atoms with van der Waals surface area (Å²) < 4.78 is 2.03. The first-order chi connectivity index (χ1) is 6.77. The van der Waals surface area contributed by atoms with Crippen molar-refractivity contribution in [3.8, 4) is 0 Å². The normalized spacial score (nSPS) is 10.1. The predicted molar refractivity (Wildman–Crippen MR) is 53.9 cm³/mol. The molecule has 2 aromatic heterocycles. The molecule has 0 bridgehead atoms. The maximum Gasteiger partial charge on any atom is 0.281 e. The Hall–Kier alpha value is -1.49. The molecule has 2 aromatic rings. The lowest BCUT2D eigenvalue weighted by atomic mass is 10.3. The monoisotopic (exact) mass is 251 g/mol. The van der Waals surface area contributed by atoms with Gasteiger partial charge in [-0.1, -0.05) is 6.07 Å². The lowest BCUT2D eigenvalue weighted by Crippen LogP contribution is -2.11. The molecule has 0 aromatic carbocycles. The van der Waals surface area contributed by atoms with Gasteiger partial charge in [0, 0.05) is 12.4 Å². The van der Waals surface area contributed by atoms with E-state index in [2.05, 4.69) is 25.9 Å². The van der Waals surface area contributed by atoms with Crippen LogP contribution in [-0.4, -0.2) is 20.4 Å². The molecule has 0 unspecified atom stereocenters. The molecule has 5 heteroatoms. The topological polar surface area (TPSA) is 47.8 Å². The summed E-state index contributed by atoms with van der Waals surface area (Å²) in [6.07, 6.45) is 4.59. The molecule has 0 spiro atoms. The van der Waals surface area contributed by atoms with Crippen LogP contribution in [0.1, 0.15) is 10.5 Å². The second kappa shape index (κ2) is 3.71. The fourth-order valence-electron chi connectivity index (χ4n) is 1.04. The van der Waals surface area contributed by atoms with Crippen LogP contribution in [0, 0.1) is 0 Å². The number of nitrogens with zero attached hydrogens (tertiary/aromatic N) is 3. The second-order valence-electron chi connectivity index (χ2n) is 2.62. The molecule has 70 valence electrons. The van der Waals surface area contributed by atoms with Crippen molar-refractivity contribution < 1.29 is 4.79 Å². The smallest absolute Gasteiger partial charge is 0.271 e. The van der Waals surface area contributed by atoms with E-state index in [1.54, 1.807) is 30.6 Å². The molecule has 14 heavy (non-hydrogen) atoms. The van der Waals surface area contributed by atoms with Crippen molar-refractivity contribution in [3.05, 3.63) is 47.2 Å². The summed E-state index contributed by atoms with van der Waals surface area (Å²) >= 11 is 3.21. The van der Waals surface area contributed by atoms with Crippen LogP contribution in [0.15, 0.2) is 41.5 Å². The van der Waals surface area contributed by atoms with E-state index in [0.29, 0.717) is 10.3 Å². The Morgan fingerprint density at radius 2 is 2.29 bits per heavy atom. The van der Waals surface area contributed by atoms with E-state index in [-0.39, 0.29) is 5.91 Å². The largest absolute Gasteiger partial charge is 0.281 e. The number of hydrogen-bond donors (Lipinski definition) is 0. The van der Waals surface area contributed by atoms with E-state index in [9.17, 15) is 4.79 Å². The molecule has 0 radical (unpaired) electrons. The van der Waals surface area contributed by atoms with Crippen LogP contribution < -0.4 is 0 Å². The van der Waals surface area contributed by atoms with Gasteiger partial charge in [-0.05, 0) is 28.1 Å². The van der Waals surface area contributed by atoms with Crippen molar-refractivity contribution in [3.63, 3.8) is 0 Å². The van der Waals surface area contributed by atoms with Crippen molar-refractivity contribution in [2.45, 2.75) is 0 Å². The van der Waals surface area contributed by atoms with Gasteiger partial charge in [-0.15, -0.1) is 0 Å². The highest BCUT2D eigenvalue weighted by atomic mass is 79.9. The fourth-order valence-corrected chi connectivity index (χ4v) is 1.38. The molecule has 2 rings (SSSR count). The highest BCUT2D eigenvalue weighted by Gasteiger charge is 2.08. The second-order valence-corrected chi connectivity index (χ2v) is 3.43. The lowest BCUT2D eigenvalue weighted by Gasteiger charge is -1.99. The van der Waals surface area contributed by atoms with Crippen LogP contribution >= 0.6 is 15.9 Å². The van der Waals surface area contributed by atoms with Gasteiger partial charge in [-0.25, -0.2) is 9.97 Å². The number of carbonyl (C=O) groups is 1. The zero-order valence-electron chi connectivity index (χ0n) is 7.09. The third-order valence-electron chi connectivity index (χ3n) is 1.67. The zero-order valence-corrected chi connectivity index (χ0v) is 8.68. The number of imidazole rings is 1. The van der Waals surface area contributed by atoms with E-state index in [4.69, 9.17) is 0 Å². The zero-order chi connectivity index (χ0) is 9.97. The van der Waals surface area contributed by atoms with Gasteiger partial charge in [0.15, 0.2) is 0 Å². The standard InChI is InChI=1S/C9H6BrN3O/c10-8-3-1-2-7(12-8)9(14)13-5-4-11-6-13/h1-6H. The Morgan fingerprint density at radius 1 is 1.43 bits per heavy atom. The summed E-state index contributed by atoms with van der Waals surface area (Å²) in [4.78, 5) is 19.5. The van der Waals surface area contributed by atoms with Crippen molar-refractivity contribution in [1.82, 2.24) is 14.5 Å². The van der Waals surface area contributed by atoms with Gasteiger partial charge in [-0.2, -0.15) is 0 Å². The molecule has 0 fully saturated rings. The molecule has 0 aliphatic carbocycles. The minimum absolute atomic E-state index is 0.191. The van der Waals surface area contributed by atoms with Crippen LogP contribution in [0.2, 0.25) is 0 Å². The molecule has 0 atom stereocenters. The number of halogens is 1. The molecule has 0 saturated carbocycles. The maximum absolute atomic E-state index is 11.7. The molecular formula is C9H6BrN3O. The summed E-state index contributed by atoms with van der Waals surface area (Å²) in [7, 11) is 0. The summed E-state index contributed by atoms with van der Waals surface area (Å²) in [5.74, 6) is -0.191. The van der Waals surface area contributed by atoms with Gasteiger partial charge in [0.2, 0.25) is 0 Å². The van der Waals surface area contributed by atoms with Crippen molar-refractivity contribution in [1.29, 1.82) is 0 Å². The quantitative estimate of drug-likeness (QED) is 0.726. The van der Waals surface area contributed by atoms with E-state index >= 15 is 0 Å². The molecule has 0 aliphatic rings. The highest BCUT2D eigenvalue weighted by Crippen LogP contribution is 2.07. The van der Waals surface area contributed by atoms with Gasteiger partial charge in [0.05, 0.1) is 0 Å². The van der Waals surface area contributed by atoms with Crippen molar-refractivity contribution in [2.24, 2.45) is 0 Å². The van der Waals surface area contributed by atoms with Crippen LogP contribution in [0.4, 0.5) is 0 Å². The van der Waals surface area contributed by atoms with Crippen LogP contribution in [-0.2, 0) is 0 Å². The minimum atomic E-state index is -0.191. The van der Waals surface area contributed by atoms with E-state index in [1.807, 2.05) is 0 Å². The van der Waals surface area contributed by atoms with Gasteiger partial charge in [0.25, 0.3) is 5.91 Å². The van der Waals surface area contributed by atoms with Gasteiger partial charge < -0.3 is 0 Å². The third-order valence-corrected chi connectivity index (χ3v) is 2.11. The van der Waals surface area contributed by atoms with Crippen molar-refractivity contribution in [2.75, 3.05) is 0 Å². The molecule has 0 amide bonds. The molecule has 0 N–H and O–H groups in total. The first-order valence-electron chi connectivity index (χ1n) is 3.92. The molecular weight excluding hydrogens is 246 g/mol. The maximum atomic E-state index is 11.7. The average Bonchev–Trinajstić information content (AvgIpc) is 2.69. The Bertz CT molecular complexity index is 453. The Balaban J connectivity index is 2.37. The average molecular weight is 252 g/mol. The SMILES string of the molecule is O=C(c1cccc(Br)n1)n1ccnc1. The number of carbonyl (C=O) groups excluding carboxylic acids is 1. The molecule has 0 aliphatic heterocycles. The highest BCUT2D eigenvalue weighted by molar-refractivity contribution is 9.10. The number of aromatic nitrogens is 3.